The molecule has 1 saturated carbocycles. The molecule has 0 bridgehead atoms. The number of aryl methyl sites for hydroxylation is 1. The highest BCUT2D eigenvalue weighted by Crippen LogP contribution is 2.28. The molecule has 1 aliphatic heterocycles. The van der Waals surface area contributed by atoms with Gasteiger partial charge < -0.3 is 10.2 Å². The van der Waals surface area contributed by atoms with E-state index in [1.807, 2.05) is 23.1 Å². The molecule has 2 amide bonds. The first-order valence-corrected chi connectivity index (χ1v) is 9.35. The van der Waals surface area contributed by atoms with Gasteiger partial charge in [0.05, 0.1) is 5.92 Å². The maximum absolute atomic E-state index is 12.3. The lowest BCUT2D eigenvalue weighted by Gasteiger charge is -2.31. The molecule has 2 fully saturated rings. The maximum Gasteiger partial charge on any atom is 0.225 e. The van der Waals surface area contributed by atoms with Crippen LogP contribution in [-0.4, -0.2) is 35.8 Å². The van der Waals surface area contributed by atoms with E-state index in [4.69, 9.17) is 0 Å². The Labute approximate surface area is 144 Å². The summed E-state index contributed by atoms with van der Waals surface area (Å²) in [5.74, 6) is 0.0669. The van der Waals surface area contributed by atoms with E-state index in [1.165, 1.54) is 24.8 Å². The van der Waals surface area contributed by atoms with Crippen molar-refractivity contribution < 1.29 is 9.59 Å². The minimum Gasteiger partial charge on any atom is -0.356 e. The summed E-state index contributed by atoms with van der Waals surface area (Å²) in [6, 6.07) is 10.7. The largest absolute Gasteiger partial charge is 0.356 e. The SMILES string of the molecule is O=C(NCCCc1ccccc1)C1CC(=O)N(C2CCCCC2)C1. The van der Waals surface area contributed by atoms with Gasteiger partial charge in [-0.15, -0.1) is 0 Å². The molecule has 130 valence electrons. The normalized spacial score (nSPS) is 21.9. The zero-order valence-electron chi connectivity index (χ0n) is 14.4. The van der Waals surface area contributed by atoms with Crippen molar-refractivity contribution >= 4 is 11.8 Å². The summed E-state index contributed by atoms with van der Waals surface area (Å²) in [6.45, 7) is 1.30. The van der Waals surface area contributed by atoms with E-state index in [2.05, 4.69) is 17.4 Å². The van der Waals surface area contributed by atoms with Crippen molar-refractivity contribution in [3.63, 3.8) is 0 Å². The molecule has 1 N–H and O–H groups in total. The number of nitrogens with zero attached hydrogens (tertiary/aromatic N) is 1. The number of amides is 2. The quantitative estimate of drug-likeness (QED) is 0.816. The van der Waals surface area contributed by atoms with Gasteiger partial charge in [0.25, 0.3) is 0 Å². The molecule has 1 unspecified atom stereocenters. The summed E-state index contributed by atoms with van der Waals surface area (Å²) in [4.78, 5) is 26.6. The van der Waals surface area contributed by atoms with E-state index in [1.54, 1.807) is 0 Å². The summed E-state index contributed by atoms with van der Waals surface area (Å²) >= 11 is 0. The third-order valence-corrected chi connectivity index (χ3v) is 5.33. The van der Waals surface area contributed by atoms with Crippen LogP contribution in [0.2, 0.25) is 0 Å². The Balaban J connectivity index is 1.40. The van der Waals surface area contributed by atoms with Gasteiger partial charge >= 0.3 is 0 Å². The summed E-state index contributed by atoms with van der Waals surface area (Å²) in [5, 5.41) is 3.02. The van der Waals surface area contributed by atoms with Crippen LogP contribution in [0, 0.1) is 5.92 Å². The first kappa shape index (κ1) is 17.0. The van der Waals surface area contributed by atoms with Crippen LogP contribution in [-0.2, 0) is 16.0 Å². The monoisotopic (exact) mass is 328 g/mol. The van der Waals surface area contributed by atoms with E-state index in [9.17, 15) is 9.59 Å². The Bertz CT molecular complexity index is 552. The molecule has 0 radical (unpaired) electrons. The molecule has 1 aromatic carbocycles. The van der Waals surface area contributed by atoms with Crippen LogP contribution in [0.4, 0.5) is 0 Å². The van der Waals surface area contributed by atoms with Crippen molar-refractivity contribution in [1.82, 2.24) is 10.2 Å². The van der Waals surface area contributed by atoms with Crippen LogP contribution in [0.3, 0.4) is 0 Å². The molecule has 0 aromatic heterocycles. The summed E-state index contributed by atoms with van der Waals surface area (Å²) in [6.07, 6.45) is 8.22. The molecule has 0 spiro atoms. The Morgan fingerprint density at radius 2 is 1.88 bits per heavy atom. The molecule has 1 heterocycles. The lowest BCUT2D eigenvalue weighted by atomic mass is 9.94. The third-order valence-electron chi connectivity index (χ3n) is 5.33. The second kappa shape index (κ2) is 8.32. The number of rotatable bonds is 6. The average molecular weight is 328 g/mol. The van der Waals surface area contributed by atoms with Crippen molar-refractivity contribution in [2.75, 3.05) is 13.1 Å². The number of carbonyl (C=O) groups excluding carboxylic acids is 2. The predicted octanol–water partition coefficient (Wildman–Crippen LogP) is 2.92. The molecule has 1 atom stereocenters. The first-order valence-electron chi connectivity index (χ1n) is 9.35. The molecule has 2 aliphatic rings. The van der Waals surface area contributed by atoms with Gasteiger partial charge in [-0.25, -0.2) is 0 Å². The number of hydrogen-bond donors (Lipinski definition) is 1. The third kappa shape index (κ3) is 4.37. The van der Waals surface area contributed by atoms with Crippen molar-refractivity contribution in [3.8, 4) is 0 Å². The number of benzene rings is 1. The standard InChI is InChI=1S/C20H28N2O2/c23-19-14-17(15-22(19)18-11-5-2-6-12-18)20(24)21-13-7-10-16-8-3-1-4-9-16/h1,3-4,8-9,17-18H,2,5-7,10-15H2,(H,21,24). The van der Waals surface area contributed by atoms with Gasteiger partial charge in [-0.3, -0.25) is 9.59 Å². The van der Waals surface area contributed by atoms with E-state index < -0.39 is 0 Å². The Morgan fingerprint density at radius 3 is 2.62 bits per heavy atom. The molecule has 1 saturated heterocycles. The van der Waals surface area contributed by atoms with Crippen molar-refractivity contribution in [3.05, 3.63) is 35.9 Å². The number of nitrogens with one attached hydrogen (secondary N) is 1. The summed E-state index contributed by atoms with van der Waals surface area (Å²) in [7, 11) is 0. The minimum absolute atomic E-state index is 0.0507. The Morgan fingerprint density at radius 1 is 1.12 bits per heavy atom. The van der Waals surface area contributed by atoms with E-state index in [0.717, 1.165) is 25.7 Å². The van der Waals surface area contributed by atoms with Crippen LogP contribution in [0.15, 0.2) is 30.3 Å². The van der Waals surface area contributed by atoms with Gasteiger partial charge in [-0.05, 0) is 31.2 Å². The molecule has 3 rings (SSSR count). The Hall–Kier alpha value is -1.84. The van der Waals surface area contributed by atoms with Gasteiger partial charge in [-0.2, -0.15) is 0 Å². The topological polar surface area (TPSA) is 49.4 Å². The first-order chi connectivity index (χ1) is 11.7. The van der Waals surface area contributed by atoms with Gasteiger partial charge in [0, 0.05) is 25.6 Å². The van der Waals surface area contributed by atoms with Crippen molar-refractivity contribution in [2.45, 2.75) is 57.4 Å². The number of likely N-dealkylation sites (tertiary alicyclic amines) is 1. The fourth-order valence-corrected chi connectivity index (χ4v) is 3.95. The van der Waals surface area contributed by atoms with Crippen LogP contribution in [0.5, 0.6) is 0 Å². The highest BCUT2D eigenvalue weighted by molar-refractivity contribution is 5.89. The highest BCUT2D eigenvalue weighted by Gasteiger charge is 2.37. The lowest BCUT2D eigenvalue weighted by molar-refractivity contribution is -0.130. The van der Waals surface area contributed by atoms with Gasteiger partial charge in [-0.1, -0.05) is 49.6 Å². The van der Waals surface area contributed by atoms with E-state index in [-0.39, 0.29) is 17.7 Å². The van der Waals surface area contributed by atoms with E-state index in [0.29, 0.717) is 25.6 Å². The minimum atomic E-state index is -0.156. The van der Waals surface area contributed by atoms with Gasteiger partial charge in [0.2, 0.25) is 11.8 Å². The van der Waals surface area contributed by atoms with Crippen LogP contribution in [0.25, 0.3) is 0 Å². The second-order valence-electron chi connectivity index (χ2n) is 7.12. The van der Waals surface area contributed by atoms with Crippen LogP contribution >= 0.6 is 0 Å². The molecule has 4 nitrogen and oxygen atoms in total. The fraction of sp³-hybridized carbons (Fsp3) is 0.600. The number of carbonyl (C=O) groups is 2. The average Bonchev–Trinajstić information content (AvgIpc) is 3.02. The highest BCUT2D eigenvalue weighted by atomic mass is 16.2. The predicted molar refractivity (Wildman–Crippen MR) is 94.5 cm³/mol. The maximum atomic E-state index is 12.3. The van der Waals surface area contributed by atoms with Crippen molar-refractivity contribution in [1.29, 1.82) is 0 Å². The molecular formula is C20H28N2O2. The smallest absolute Gasteiger partial charge is 0.225 e. The van der Waals surface area contributed by atoms with Gasteiger partial charge in [0.1, 0.15) is 0 Å². The van der Waals surface area contributed by atoms with Crippen LogP contribution < -0.4 is 5.32 Å². The van der Waals surface area contributed by atoms with Crippen LogP contribution in [0.1, 0.15) is 50.5 Å². The zero-order valence-corrected chi connectivity index (χ0v) is 14.4. The molecular weight excluding hydrogens is 300 g/mol. The number of hydrogen-bond acceptors (Lipinski definition) is 2. The Kier molecular flexibility index (Phi) is 5.89. The molecule has 1 aliphatic carbocycles. The lowest BCUT2D eigenvalue weighted by Crippen LogP contribution is -2.39. The summed E-state index contributed by atoms with van der Waals surface area (Å²) < 4.78 is 0. The van der Waals surface area contributed by atoms with E-state index >= 15 is 0 Å². The summed E-state index contributed by atoms with van der Waals surface area (Å²) in [5.41, 5.74) is 1.30. The second-order valence-corrected chi connectivity index (χ2v) is 7.12. The van der Waals surface area contributed by atoms with Crippen molar-refractivity contribution in [2.24, 2.45) is 5.92 Å². The van der Waals surface area contributed by atoms with Gasteiger partial charge in [0.15, 0.2) is 0 Å². The fourth-order valence-electron chi connectivity index (χ4n) is 3.95. The zero-order chi connectivity index (χ0) is 16.8. The molecule has 24 heavy (non-hydrogen) atoms. The molecule has 4 heteroatoms. The molecule has 1 aromatic rings.